The van der Waals surface area contributed by atoms with Crippen molar-refractivity contribution in [1.29, 1.82) is 0 Å². The highest BCUT2D eigenvalue weighted by molar-refractivity contribution is 7.91. The van der Waals surface area contributed by atoms with E-state index in [-0.39, 0.29) is 6.04 Å². The molecule has 0 amide bonds. The Morgan fingerprint density at radius 2 is 1.86 bits per heavy atom. The molecule has 0 aromatic heterocycles. The Morgan fingerprint density at radius 1 is 1.36 bits per heavy atom. The minimum atomic E-state index is -2.97. The standard InChI is InChI=1S/C10H21NO2S/c1-8(14(2,12)13)10(11)7-9-5-3-4-6-9/h8-10H,3-7,11H2,1-2H3. The maximum Gasteiger partial charge on any atom is 0.151 e. The summed E-state index contributed by atoms with van der Waals surface area (Å²) in [4.78, 5) is 0. The van der Waals surface area contributed by atoms with Gasteiger partial charge in [0.25, 0.3) is 0 Å². The van der Waals surface area contributed by atoms with Gasteiger partial charge in [0.05, 0.1) is 5.25 Å². The summed E-state index contributed by atoms with van der Waals surface area (Å²) in [6.07, 6.45) is 7.16. The van der Waals surface area contributed by atoms with Crippen molar-refractivity contribution in [2.45, 2.75) is 50.3 Å². The highest BCUT2D eigenvalue weighted by Crippen LogP contribution is 2.29. The van der Waals surface area contributed by atoms with E-state index in [1.165, 1.54) is 31.9 Å². The van der Waals surface area contributed by atoms with E-state index in [9.17, 15) is 8.42 Å². The van der Waals surface area contributed by atoms with E-state index < -0.39 is 15.1 Å². The van der Waals surface area contributed by atoms with Gasteiger partial charge in [-0.1, -0.05) is 25.7 Å². The molecule has 0 aromatic rings. The minimum absolute atomic E-state index is 0.187. The zero-order valence-corrected chi connectivity index (χ0v) is 9.89. The molecule has 1 saturated carbocycles. The van der Waals surface area contributed by atoms with Gasteiger partial charge in [0.15, 0.2) is 9.84 Å². The van der Waals surface area contributed by atoms with Gasteiger partial charge >= 0.3 is 0 Å². The Hall–Kier alpha value is -0.0900. The zero-order chi connectivity index (χ0) is 10.8. The molecule has 0 aromatic carbocycles. The second-order valence-electron chi connectivity index (χ2n) is 4.58. The van der Waals surface area contributed by atoms with E-state index in [2.05, 4.69) is 0 Å². The van der Waals surface area contributed by atoms with Crippen LogP contribution in [0.2, 0.25) is 0 Å². The Labute approximate surface area is 87.0 Å². The molecule has 0 aliphatic heterocycles. The molecule has 2 N–H and O–H groups in total. The van der Waals surface area contributed by atoms with Gasteiger partial charge in [-0.25, -0.2) is 8.42 Å². The van der Waals surface area contributed by atoms with Gasteiger partial charge in [0.1, 0.15) is 0 Å². The van der Waals surface area contributed by atoms with Crippen molar-refractivity contribution in [3.63, 3.8) is 0 Å². The molecule has 0 spiro atoms. The molecule has 84 valence electrons. The van der Waals surface area contributed by atoms with Gasteiger partial charge in [-0.05, 0) is 19.3 Å². The van der Waals surface area contributed by atoms with Crippen molar-refractivity contribution < 1.29 is 8.42 Å². The molecule has 2 unspecified atom stereocenters. The summed E-state index contributed by atoms with van der Waals surface area (Å²) in [5.74, 6) is 0.661. The van der Waals surface area contributed by atoms with Gasteiger partial charge in [0.2, 0.25) is 0 Å². The molecule has 14 heavy (non-hydrogen) atoms. The van der Waals surface area contributed by atoms with Crippen molar-refractivity contribution in [1.82, 2.24) is 0 Å². The summed E-state index contributed by atoms with van der Waals surface area (Å²) in [7, 11) is -2.97. The summed E-state index contributed by atoms with van der Waals surface area (Å²) in [5.41, 5.74) is 5.90. The summed E-state index contributed by atoms with van der Waals surface area (Å²) in [6.45, 7) is 1.72. The third-order valence-electron chi connectivity index (χ3n) is 3.36. The lowest BCUT2D eigenvalue weighted by atomic mass is 9.97. The first-order chi connectivity index (χ1) is 6.41. The maximum absolute atomic E-state index is 11.3. The average molecular weight is 219 g/mol. The Balaban J connectivity index is 2.44. The Bertz CT molecular complexity index is 268. The summed E-state index contributed by atoms with van der Waals surface area (Å²) < 4.78 is 22.5. The van der Waals surface area contributed by atoms with Crippen LogP contribution in [0, 0.1) is 5.92 Å². The number of hydrogen-bond acceptors (Lipinski definition) is 3. The monoisotopic (exact) mass is 219 g/mol. The van der Waals surface area contributed by atoms with E-state index in [0.717, 1.165) is 6.42 Å². The minimum Gasteiger partial charge on any atom is -0.327 e. The smallest absolute Gasteiger partial charge is 0.151 e. The fraction of sp³-hybridized carbons (Fsp3) is 1.00. The molecule has 3 nitrogen and oxygen atoms in total. The van der Waals surface area contributed by atoms with Gasteiger partial charge in [-0.15, -0.1) is 0 Å². The molecule has 4 heteroatoms. The molecule has 0 saturated heterocycles. The van der Waals surface area contributed by atoms with Crippen LogP contribution in [0.1, 0.15) is 39.0 Å². The van der Waals surface area contributed by atoms with E-state index >= 15 is 0 Å². The molecular weight excluding hydrogens is 198 g/mol. The first-order valence-electron chi connectivity index (χ1n) is 5.35. The first-order valence-corrected chi connectivity index (χ1v) is 7.31. The van der Waals surface area contributed by atoms with Crippen LogP contribution >= 0.6 is 0 Å². The lowest BCUT2D eigenvalue weighted by Crippen LogP contribution is -2.39. The third kappa shape index (κ3) is 3.24. The van der Waals surface area contributed by atoms with E-state index in [0.29, 0.717) is 5.92 Å². The highest BCUT2D eigenvalue weighted by Gasteiger charge is 2.26. The van der Waals surface area contributed by atoms with Gasteiger partial charge in [-0.2, -0.15) is 0 Å². The topological polar surface area (TPSA) is 60.2 Å². The number of hydrogen-bond donors (Lipinski definition) is 1. The predicted molar refractivity (Wildman–Crippen MR) is 58.9 cm³/mol. The number of nitrogens with two attached hydrogens (primary N) is 1. The average Bonchev–Trinajstić information content (AvgIpc) is 2.53. The van der Waals surface area contributed by atoms with Crippen LogP contribution in [0.25, 0.3) is 0 Å². The van der Waals surface area contributed by atoms with Crippen molar-refractivity contribution in [3.8, 4) is 0 Å². The second-order valence-corrected chi connectivity index (χ2v) is 6.99. The SMILES string of the molecule is CC(C(N)CC1CCCC1)S(C)(=O)=O. The van der Waals surface area contributed by atoms with Gasteiger partial charge in [-0.3, -0.25) is 0 Å². The van der Waals surface area contributed by atoms with Crippen LogP contribution < -0.4 is 5.73 Å². The van der Waals surface area contributed by atoms with Crippen molar-refractivity contribution >= 4 is 9.84 Å². The lowest BCUT2D eigenvalue weighted by molar-refractivity contribution is 0.432. The molecular formula is C10H21NO2S. The van der Waals surface area contributed by atoms with Crippen LogP contribution in [0.4, 0.5) is 0 Å². The zero-order valence-electron chi connectivity index (χ0n) is 9.07. The Kier molecular flexibility index (Phi) is 3.95. The fourth-order valence-corrected chi connectivity index (χ4v) is 2.89. The molecule has 0 bridgehead atoms. The van der Waals surface area contributed by atoms with Crippen LogP contribution in [0.3, 0.4) is 0 Å². The molecule has 0 heterocycles. The van der Waals surface area contributed by atoms with E-state index in [1.807, 2.05) is 0 Å². The maximum atomic E-state index is 11.3. The van der Waals surface area contributed by atoms with Crippen molar-refractivity contribution in [3.05, 3.63) is 0 Å². The van der Waals surface area contributed by atoms with Crippen LogP contribution in [-0.2, 0) is 9.84 Å². The molecule has 1 rings (SSSR count). The summed E-state index contributed by atoms with van der Waals surface area (Å²) >= 11 is 0. The van der Waals surface area contributed by atoms with Crippen LogP contribution in [0.5, 0.6) is 0 Å². The van der Waals surface area contributed by atoms with Crippen molar-refractivity contribution in [2.75, 3.05) is 6.26 Å². The summed E-state index contributed by atoms with van der Waals surface area (Å²) in [5, 5.41) is -0.400. The molecule has 1 fully saturated rings. The largest absolute Gasteiger partial charge is 0.327 e. The normalized spacial score (nSPS) is 23.6. The lowest BCUT2D eigenvalue weighted by Gasteiger charge is -2.21. The highest BCUT2D eigenvalue weighted by atomic mass is 32.2. The van der Waals surface area contributed by atoms with Crippen molar-refractivity contribution in [2.24, 2.45) is 11.7 Å². The van der Waals surface area contributed by atoms with Crippen LogP contribution in [0.15, 0.2) is 0 Å². The fourth-order valence-electron chi connectivity index (χ4n) is 2.14. The van der Waals surface area contributed by atoms with Gasteiger partial charge < -0.3 is 5.73 Å². The predicted octanol–water partition coefficient (Wildman–Crippen LogP) is 1.33. The summed E-state index contributed by atoms with van der Waals surface area (Å²) in [6, 6.07) is -0.187. The molecule has 1 aliphatic carbocycles. The van der Waals surface area contributed by atoms with Crippen LogP contribution in [-0.4, -0.2) is 26.0 Å². The molecule has 1 aliphatic rings. The Morgan fingerprint density at radius 3 is 2.29 bits per heavy atom. The van der Waals surface area contributed by atoms with E-state index in [1.54, 1.807) is 6.92 Å². The second kappa shape index (κ2) is 4.62. The quantitative estimate of drug-likeness (QED) is 0.776. The number of rotatable bonds is 4. The first kappa shape index (κ1) is 12.0. The molecule has 0 radical (unpaired) electrons. The third-order valence-corrected chi connectivity index (χ3v) is 5.06. The molecule has 2 atom stereocenters. The van der Waals surface area contributed by atoms with Gasteiger partial charge in [0, 0.05) is 12.3 Å². The number of sulfone groups is 1. The van der Waals surface area contributed by atoms with E-state index in [4.69, 9.17) is 5.73 Å².